The van der Waals surface area contributed by atoms with Crippen LogP contribution in [-0.2, 0) is 0 Å². The average molecular weight is 225 g/mol. The van der Waals surface area contributed by atoms with E-state index < -0.39 is 0 Å². The molecule has 14 heavy (non-hydrogen) atoms. The van der Waals surface area contributed by atoms with E-state index in [1.807, 2.05) is 6.07 Å². The van der Waals surface area contributed by atoms with E-state index >= 15 is 0 Å². The van der Waals surface area contributed by atoms with Crippen molar-refractivity contribution in [2.45, 2.75) is 0 Å². The minimum Gasteiger partial charge on any atom is -0.261 e. The van der Waals surface area contributed by atoms with Crippen molar-refractivity contribution < 1.29 is 0 Å². The normalized spacial score (nSPS) is 10.1. The van der Waals surface area contributed by atoms with E-state index in [9.17, 15) is 0 Å². The zero-order valence-electron chi connectivity index (χ0n) is 7.11. The van der Waals surface area contributed by atoms with E-state index in [-0.39, 0.29) is 0 Å². The Morgan fingerprint density at radius 3 is 2.50 bits per heavy atom. The van der Waals surface area contributed by atoms with Crippen LogP contribution in [0.4, 0.5) is 0 Å². The first-order valence-corrected chi connectivity index (χ1v) is 4.74. The molecule has 70 valence electrons. The van der Waals surface area contributed by atoms with Crippen LogP contribution in [0.5, 0.6) is 0 Å². The van der Waals surface area contributed by atoms with Crippen molar-refractivity contribution >= 4 is 23.2 Å². The summed E-state index contributed by atoms with van der Waals surface area (Å²) < 4.78 is 0. The van der Waals surface area contributed by atoms with Crippen molar-refractivity contribution in [2.24, 2.45) is 0 Å². The van der Waals surface area contributed by atoms with Crippen LogP contribution in [0.3, 0.4) is 0 Å². The van der Waals surface area contributed by atoms with E-state index in [2.05, 4.69) is 9.97 Å². The van der Waals surface area contributed by atoms with Crippen molar-refractivity contribution in [3.8, 4) is 11.3 Å². The summed E-state index contributed by atoms with van der Waals surface area (Å²) in [5.74, 6) is 0. The number of benzene rings is 1. The molecule has 0 aliphatic heterocycles. The second-order valence-corrected chi connectivity index (χ2v) is 3.53. The van der Waals surface area contributed by atoms with Gasteiger partial charge >= 0.3 is 0 Å². The van der Waals surface area contributed by atoms with Gasteiger partial charge in [0.05, 0.1) is 21.9 Å². The number of hydrogen-bond donors (Lipinski definition) is 0. The number of hydrogen-bond acceptors (Lipinski definition) is 2. The second-order valence-electron chi connectivity index (χ2n) is 2.72. The van der Waals surface area contributed by atoms with Crippen LogP contribution in [0.2, 0.25) is 10.0 Å². The maximum absolute atomic E-state index is 5.88. The fraction of sp³-hybridized carbons (Fsp3) is 0. The van der Waals surface area contributed by atoms with Gasteiger partial charge < -0.3 is 0 Å². The molecule has 1 heterocycles. The monoisotopic (exact) mass is 224 g/mol. The molecule has 0 amide bonds. The molecule has 1 aromatic carbocycles. The maximum Gasteiger partial charge on any atom is 0.0885 e. The van der Waals surface area contributed by atoms with Crippen LogP contribution in [0.1, 0.15) is 0 Å². The minimum absolute atomic E-state index is 0.523. The summed E-state index contributed by atoms with van der Waals surface area (Å²) in [6, 6.07) is 5.38. The third kappa shape index (κ3) is 1.86. The van der Waals surface area contributed by atoms with Crippen molar-refractivity contribution in [3.05, 3.63) is 46.8 Å². The molecule has 0 fully saturated rings. The van der Waals surface area contributed by atoms with Gasteiger partial charge in [-0.2, -0.15) is 0 Å². The minimum atomic E-state index is 0.523. The molecule has 0 radical (unpaired) electrons. The molecular formula is C10H6Cl2N2. The largest absolute Gasteiger partial charge is 0.261 e. The smallest absolute Gasteiger partial charge is 0.0885 e. The summed E-state index contributed by atoms with van der Waals surface area (Å²) in [4.78, 5) is 8.13. The van der Waals surface area contributed by atoms with Crippen LogP contribution in [0.25, 0.3) is 11.3 Å². The van der Waals surface area contributed by atoms with Crippen LogP contribution in [-0.4, -0.2) is 9.97 Å². The molecule has 0 aliphatic rings. The number of rotatable bonds is 1. The van der Waals surface area contributed by atoms with Crippen LogP contribution >= 0.6 is 23.2 Å². The average Bonchev–Trinajstić information content (AvgIpc) is 2.23. The zero-order chi connectivity index (χ0) is 9.97. The Balaban J connectivity index is 2.48. The van der Waals surface area contributed by atoms with Crippen molar-refractivity contribution in [2.75, 3.05) is 0 Å². The molecule has 0 bridgehead atoms. The lowest BCUT2D eigenvalue weighted by Gasteiger charge is -2.01. The van der Waals surface area contributed by atoms with Gasteiger partial charge in [-0.05, 0) is 12.1 Å². The quantitative estimate of drug-likeness (QED) is 0.742. The molecule has 2 nitrogen and oxygen atoms in total. The zero-order valence-corrected chi connectivity index (χ0v) is 8.63. The number of halogens is 2. The van der Waals surface area contributed by atoms with Gasteiger partial charge in [0.25, 0.3) is 0 Å². The second kappa shape index (κ2) is 3.95. The predicted octanol–water partition coefficient (Wildman–Crippen LogP) is 3.45. The first-order valence-electron chi connectivity index (χ1n) is 3.99. The lowest BCUT2D eigenvalue weighted by atomic mass is 10.2. The van der Waals surface area contributed by atoms with E-state index in [0.717, 1.165) is 11.3 Å². The van der Waals surface area contributed by atoms with Crippen molar-refractivity contribution in [1.82, 2.24) is 9.97 Å². The molecule has 4 heteroatoms. The van der Waals surface area contributed by atoms with Gasteiger partial charge in [-0.1, -0.05) is 29.3 Å². The van der Waals surface area contributed by atoms with E-state index in [1.165, 1.54) is 0 Å². The summed E-state index contributed by atoms with van der Waals surface area (Å²) in [6.45, 7) is 0. The highest BCUT2D eigenvalue weighted by Crippen LogP contribution is 2.26. The highest BCUT2D eigenvalue weighted by atomic mass is 35.5. The molecule has 0 saturated carbocycles. The van der Waals surface area contributed by atoms with Gasteiger partial charge in [0.15, 0.2) is 0 Å². The summed E-state index contributed by atoms with van der Waals surface area (Å²) in [6.07, 6.45) is 4.94. The van der Waals surface area contributed by atoms with E-state index in [0.29, 0.717) is 10.0 Å². The van der Waals surface area contributed by atoms with Crippen molar-refractivity contribution in [1.29, 1.82) is 0 Å². The Bertz CT molecular complexity index is 443. The predicted molar refractivity (Wildman–Crippen MR) is 57.5 cm³/mol. The molecule has 2 rings (SSSR count). The fourth-order valence-corrected chi connectivity index (χ4v) is 1.40. The van der Waals surface area contributed by atoms with Crippen LogP contribution in [0.15, 0.2) is 36.8 Å². The Morgan fingerprint density at radius 2 is 1.86 bits per heavy atom. The molecule has 0 atom stereocenters. The Hall–Kier alpha value is -1.12. The summed E-state index contributed by atoms with van der Waals surface area (Å²) in [5.41, 5.74) is 1.69. The lowest BCUT2D eigenvalue weighted by Crippen LogP contribution is -1.83. The molecule has 0 aliphatic carbocycles. The number of nitrogens with zero attached hydrogens (tertiary/aromatic N) is 2. The van der Waals surface area contributed by atoms with Gasteiger partial charge in [0.2, 0.25) is 0 Å². The topological polar surface area (TPSA) is 25.8 Å². The van der Waals surface area contributed by atoms with E-state index in [4.69, 9.17) is 23.2 Å². The molecule has 0 N–H and O–H groups in total. The molecular weight excluding hydrogens is 219 g/mol. The third-order valence-corrected chi connectivity index (χ3v) is 2.52. The highest BCUT2D eigenvalue weighted by molar-refractivity contribution is 6.42. The first kappa shape index (κ1) is 9.44. The molecule has 0 saturated heterocycles. The molecule has 0 spiro atoms. The lowest BCUT2D eigenvalue weighted by molar-refractivity contribution is 1.21. The summed E-state index contributed by atoms with van der Waals surface area (Å²) in [7, 11) is 0. The first-order chi connectivity index (χ1) is 6.77. The van der Waals surface area contributed by atoms with Crippen LogP contribution in [0, 0.1) is 0 Å². The Kier molecular flexibility index (Phi) is 2.66. The van der Waals surface area contributed by atoms with Gasteiger partial charge in [-0.3, -0.25) is 9.97 Å². The van der Waals surface area contributed by atoms with Gasteiger partial charge in [-0.25, -0.2) is 0 Å². The highest BCUT2D eigenvalue weighted by Gasteiger charge is 2.02. The van der Waals surface area contributed by atoms with Crippen molar-refractivity contribution in [3.63, 3.8) is 0 Å². The Morgan fingerprint density at radius 1 is 1.00 bits per heavy atom. The number of aromatic nitrogens is 2. The molecule has 2 aromatic rings. The summed E-state index contributed by atoms with van der Waals surface area (Å²) >= 11 is 11.7. The molecule has 0 unspecified atom stereocenters. The summed E-state index contributed by atoms with van der Waals surface area (Å²) in [5, 5.41) is 1.06. The molecule has 1 aromatic heterocycles. The van der Waals surface area contributed by atoms with E-state index in [1.54, 1.807) is 30.7 Å². The fourth-order valence-electron chi connectivity index (χ4n) is 1.10. The third-order valence-electron chi connectivity index (χ3n) is 1.78. The SMILES string of the molecule is Clc1ccc(-c2cnccn2)cc1Cl. The van der Waals surface area contributed by atoms with Gasteiger partial charge in [0.1, 0.15) is 0 Å². The van der Waals surface area contributed by atoms with Gasteiger partial charge in [0, 0.05) is 18.0 Å². The van der Waals surface area contributed by atoms with Crippen LogP contribution < -0.4 is 0 Å². The Labute approximate surface area is 91.5 Å². The standard InChI is InChI=1S/C10H6Cl2N2/c11-8-2-1-7(5-9(8)12)10-6-13-3-4-14-10/h1-6H. The maximum atomic E-state index is 5.88. The van der Waals surface area contributed by atoms with Gasteiger partial charge in [-0.15, -0.1) is 0 Å².